The van der Waals surface area contributed by atoms with Crippen LogP contribution in [-0.2, 0) is 16.1 Å². The van der Waals surface area contributed by atoms with Gasteiger partial charge in [0, 0.05) is 5.92 Å². The Bertz CT molecular complexity index is 993. The molecule has 1 aromatic carbocycles. The minimum atomic E-state index is -0.580. The van der Waals surface area contributed by atoms with Crippen LogP contribution >= 0.6 is 0 Å². The number of hydrogen-bond donors (Lipinski definition) is 1. The molecule has 5 rings (SSSR count). The molecule has 0 saturated heterocycles. The van der Waals surface area contributed by atoms with Crippen LogP contribution in [0.15, 0.2) is 40.1 Å². The lowest BCUT2D eigenvalue weighted by molar-refractivity contribution is -0.136. The SMILES string of the molecule is CCOc1ccc([C@@H]2NC(=O)N(Cc3nc(C4CC4)no3)C3=C2C(=O)OC3)cc1. The van der Waals surface area contributed by atoms with Crippen LogP contribution in [0.1, 0.15) is 49.0 Å². The molecule has 150 valence electrons. The number of nitrogens with one attached hydrogen (secondary N) is 1. The van der Waals surface area contributed by atoms with E-state index in [-0.39, 0.29) is 19.2 Å². The van der Waals surface area contributed by atoms with Crippen molar-refractivity contribution in [3.63, 3.8) is 0 Å². The van der Waals surface area contributed by atoms with Crippen LogP contribution in [0, 0.1) is 0 Å². The van der Waals surface area contributed by atoms with E-state index in [9.17, 15) is 9.59 Å². The summed E-state index contributed by atoms with van der Waals surface area (Å²) in [6.45, 7) is 2.61. The quantitative estimate of drug-likeness (QED) is 0.747. The van der Waals surface area contributed by atoms with Gasteiger partial charge in [-0.25, -0.2) is 9.59 Å². The Balaban J connectivity index is 1.43. The Morgan fingerprint density at radius 2 is 2.03 bits per heavy atom. The number of nitrogens with zero attached hydrogens (tertiary/aromatic N) is 3. The Morgan fingerprint density at radius 3 is 2.76 bits per heavy atom. The maximum Gasteiger partial charge on any atom is 0.338 e. The van der Waals surface area contributed by atoms with Gasteiger partial charge in [-0.05, 0) is 37.5 Å². The van der Waals surface area contributed by atoms with Crippen LogP contribution in [0.5, 0.6) is 5.75 Å². The van der Waals surface area contributed by atoms with Crippen molar-refractivity contribution in [1.82, 2.24) is 20.4 Å². The number of amides is 2. The van der Waals surface area contributed by atoms with Crippen molar-refractivity contribution in [1.29, 1.82) is 0 Å². The maximum absolute atomic E-state index is 12.9. The van der Waals surface area contributed by atoms with Crippen LogP contribution in [0.2, 0.25) is 0 Å². The van der Waals surface area contributed by atoms with E-state index in [0.717, 1.165) is 24.2 Å². The van der Waals surface area contributed by atoms with E-state index in [1.165, 1.54) is 4.90 Å². The van der Waals surface area contributed by atoms with Gasteiger partial charge in [-0.2, -0.15) is 4.98 Å². The zero-order valence-corrected chi connectivity index (χ0v) is 15.9. The zero-order valence-electron chi connectivity index (χ0n) is 15.9. The van der Waals surface area contributed by atoms with Crippen LogP contribution in [0.4, 0.5) is 4.79 Å². The molecule has 1 saturated carbocycles. The van der Waals surface area contributed by atoms with Crippen LogP contribution in [0.3, 0.4) is 0 Å². The van der Waals surface area contributed by atoms with Crippen molar-refractivity contribution in [3.8, 4) is 5.75 Å². The highest BCUT2D eigenvalue weighted by Gasteiger charge is 2.42. The van der Waals surface area contributed by atoms with Crippen LogP contribution in [-0.4, -0.2) is 40.3 Å². The first-order chi connectivity index (χ1) is 14.1. The van der Waals surface area contributed by atoms with E-state index in [1.807, 2.05) is 31.2 Å². The minimum Gasteiger partial charge on any atom is -0.494 e. The summed E-state index contributed by atoms with van der Waals surface area (Å²) in [6.07, 6.45) is 2.12. The Morgan fingerprint density at radius 1 is 1.24 bits per heavy atom. The first kappa shape index (κ1) is 17.7. The van der Waals surface area contributed by atoms with E-state index >= 15 is 0 Å². The highest BCUT2D eigenvalue weighted by atomic mass is 16.5. The highest BCUT2D eigenvalue weighted by molar-refractivity contribution is 5.97. The predicted molar refractivity (Wildman–Crippen MR) is 98.7 cm³/mol. The number of rotatable bonds is 6. The Labute approximate surface area is 166 Å². The van der Waals surface area contributed by atoms with Gasteiger partial charge in [0.2, 0.25) is 5.89 Å². The van der Waals surface area contributed by atoms with E-state index in [1.54, 1.807) is 0 Å². The Kier molecular flexibility index (Phi) is 4.22. The molecule has 3 aliphatic rings. The number of carbonyl (C=O) groups is 2. The summed E-state index contributed by atoms with van der Waals surface area (Å²) in [4.78, 5) is 31.1. The van der Waals surface area contributed by atoms with Gasteiger partial charge in [0.1, 0.15) is 18.9 Å². The molecule has 9 heteroatoms. The van der Waals surface area contributed by atoms with E-state index in [4.69, 9.17) is 14.0 Å². The van der Waals surface area contributed by atoms with Gasteiger partial charge in [-0.1, -0.05) is 17.3 Å². The predicted octanol–water partition coefficient (Wildman–Crippen LogP) is 2.42. The van der Waals surface area contributed by atoms with Gasteiger partial charge in [0.05, 0.1) is 23.9 Å². The molecule has 2 amide bonds. The third-order valence-corrected chi connectivity index (χ3v) is 5.24. The third-order valence-electron chi connectivity index (χ3n) is 5.24. The molecule has 0 unspecified atom stereocenters. The van der Waals surface area contributed by atoms with Crippen LogP contribution < -0.4 is 10.1 Å². The fourth-order valence-electron chi connectivity index (χ4n) is 3.63. The fourth-order valence-corrected chi connectivity index (χ4v) is 3.63. The van der Waals surface area contributed by atoms with E-state index in [0.29, 0.717) is 35.5 Å². The van der Waals surface area contributed by atoms with Gasteiger partial charge in [0.15, 0.2) is 5.82 Å². The van der Waals surface area contributed by atoms with Gasteiger partial charge in [-0.3, -0.25) is 4.90 Å². The summed E-state index contributed by atoms with van der Waals surface area (Å²) in [5, 5.41) is 6.88. The standard InChI is InChI=1S/C20H20N4O5/c1-2-27-13-7-5-11(6-8-13)17-16-14(10-28-19(16)25)24(20(26)22-17)9-15-21-18(23-29-15)12-3-4-12/h5-8,12,17H,2-4,9-10H2,1H3,(H,22,26)/t17-/m0/s1. The minimum absolute atomic E-state index is 0.0404. The molecule has 0 bridgehead atoms. The van der Waals surface area contributed by atoms with Crippen molar-refractivity contribution < 1.29 is 23.6 Å². The molecular weight excluding hydrogens is 376 g/mol. The average Bonchev–Trinajstić information content (AvgIpc) is 3.35. The van der Waals surface area contributed by atoms with Gasteiger partial charge >= 0.3 is 12.0 Å². The molecule has 1 atom stereocenters. The van der Waals surface area contributed by atoms with Gasteiger partial charge < -0.3 is 19.3 Å². The zero-order chi connectivity index (χ0) is 20.0. The average molecular weight is 396 g/mol. The van der Waals surface area contributed by atoms with Gasteiger partial charge in [-0.15, -0.1) is 0 Å². The van der Waals surface area contributed by atoms with Gasteiger partial charge in [0.25, 0.3) is 0 Å². The number of benzene rings is 1. The van der Waals surface area contributed by atoms with Crippen molar-refractivity contribution in [3.05, 3.63) is 52.8 Å². The molecule has 9 nitrogen and oxygen atoms in total. The lowest BCUT2D eigenvalue weighted by Crippen LogP contribution is -2.46. The lowest BCUT2D eigenvalue weighted by atomic mass is 9.95. The van der Waals surface area contributed by atoms with E-state index < -0.39 is 12.0 Å². The molecule has 0 radical (unpaired) electrons. The molecule has 0 spiro atoms. The number of urea groups is 1. The van der Waals surface area contributed by atoms with Crippen molar-refractivity contribution in [2.45, 2.75) is 38.3 Å². The molecule has 3 heterocycles. The summed E-state index contributed by atoms with van der Waals surface area (Å²) in [5.41, 5.74) is 1.74. The molecule has 2 aliphatic heterocycles. The molecular formula is C20H20N4O5. The second kappa shape index (κ2) is 6.91. The maximum atomic E-state index is 12.9. The Hall–Kier alpha value is -3.36. The third kappa shape index (κ3) is 3.22. The summed E-state index contributed by atoms with van der Waals surface area (Å²) in [6, 6.07) is 6.38. The summed E-state index contributed by atoms with van der Waals surface area (Å²) < 4.78 is 16.0. The number of cyclic esters (lactones) is 1. The van der Waals surface area contributed by atoms with E-state index in [2.05, 4.69) is 15.5 Å². The number of carbonyl (C=O) groups excluding carboxylic acids is 2. The molecule has 1 N–H and O–H groups in total. The van der Waals surface area contributed by atoms with Crippen LogP contribution in [0.25, 0.3) is 0 Å². The highest BCUT2D eigenvalue weighted by Crippen LogP contribution is 2.39. The molecule has 1 aromatic heterocycles. The summed E-state index contributed by atoms with van der Waals surface area (Å²) in [7, 11) is 0. The lowest BCUT2D eigenvalue weighted by Gasteiger charge is -2.32. The summed E-state index contributed by atoms with van der Waals surface area (Å²) >= 11 is 0. The first-order valence-electron chi connectivity index (χ1n) is 9.67. The smallest absolute Gasteiger partial charge is 0.338 e. The number of ether oxygens (including phenoxy) is 2. The fraction of sp³-hybridized carbons (Fsp3) is 0.400. The molecule has 29 heavy (non-hydrogen) atoms. The van der Waals surface area contributed by atoms with Crippen molar-refractivity contribution in [2.75, 3.05) is 13.2 Å². The molecule has 2 aromatic rings. The second-order valence-electron chi connectivity index (χ2n) is 7.23. The molecule has 1 fully saturated rings. The van der Waals surface area contributed by atoms with Crippen molar-refractivity contribution >= 4 is 12.0 Å². The first-order valence-corrected chi connectivity index (χ1v) is 9.67. The normalized spacial score (nSPS) is 21.1. The largest absolute Gasteiger partial charge is 0.494 e. The monoisotopic (exact) mass is 396 g/mol. The second-order valence-corrected chi connectivity index (χ2v) is 7.23. The number of hydrogen-bond acceptors (Lipinski definition) is 7. The van der Waals surface area contributed by atoms with Crippen molar-refractivity contribution in [2.24, 2.45) is 0 Å². The number of aromatic nitrogens is 2. The summed E-state index contributed by atoms with van der Waals surface area (Å²) in [5.74, 6) is 1.67. The topological polar surface area (TPSA) is 107 Å². The number of esters is 1. The molecule has 1 aliphatic carbocycles.